The summed E-state index contributed by atoms with van der Waals surface area (Å²) >= 11 is 6.96. The zero-order chi connectivity index (χ0) is 19.8. The number of allylic oxidation sites excluding steroid dienone is 1. The first-order valence-electron chi connectivity index (χ1n) is 9.76. The van der Waals surface area contributed by atoms with Crippen molar-refractivity contribution in [1.82, 2.24) is 5.32 Å². The summed E-state index contributed by atoms with van der Waals surface area (Å²) in [5.74, 6) is -0.335. The molecular formula is C22H26N2O2S2. The normalized spacial score (nSPS) is 13.5. The number of hydrogen-bond acceptors (Lipinski definition) is 4. The first-order valence-corrected chi connectivity index (χ1v) is 11.0. The Bertz CT molecular complexity index is 843. The van der Waals surface area contributed by atoms with Crippen LogP contribution in [0.15, 0.2) is 48.0 Å². The van der Waals surface area contributed by atoms with Crippen molar-refractivity contribution >= 4 is 39.6 Å². The molecule has 3 rings (SSSR count). The monoisotopic (exact) mass is 414 g/mol. The summed E-state index contributed by atoms with van der Waals surface area (Å²) in [6, 6.07) is 11.9. The molecule has 0 spiro atoms. The summed E-state index contributed by atoms with van der Waals surface area (Å²) < 4.78 is 5.22. The lowest BCUT2D eigenvalue weighted by molar-refractivity contribution is 0.0528. The highest BCUT2D eigenvalue weighted by Gasteiger charge is 2.19. The van der Waals surface area contributed by atoms with Crippen LogP contribution in [0.4, 0.5) is 5.00 Å². The molecule has 2 aromatic rings. The number of ether oxygens (including phenoxy) is 1. The summed E-state index contributed by atoms with van der Waals surface area (Å²) in [7, 11) is 0. The van der Waals surface area contributed by atoms with Gasteiger partial charge < -0.3 is 15.4 Å². The highest BCUT2D eigenvalue weighted by atomic mass is 32.1. The van der Waals surface area contributed by atoms with Gasteiger partial charge in [0.1, 0.15) is 5.00 Å². The van der Waals surface area contributed by atoms with Gasteiger partial charge in [0.15, 0.2) is 5.11 Å². The molecule has 0 radical (unpaired) electrons. The zero-order valence-corrected chi connectivity index (χ0v) is 17.8. The molecule has 0 bridgehead atoms. The molecule has 1 aliphatic rings. The van der Waals surface area contributed by atoms with Crippen molar-refractivity contribution in [3.8, 4) is 10.4 Å². The Morgan fingerprint density at radius 3 is 2.79 bits per heavy atom. The van der Waals surface area contributed by atoms with E-state index >= 15 is 0 Å². The van der Waals surface area contributed by atoms with Gasteiger partial charge in [-0.3, -0.25) is 0 Å². The van der Waals surface area contributed by atoms with Crippen LogP contribution in [-0.2, 0) is 4.74 Å². The Balaban J connectivity index is 1.66. The number of thiocarbonyl (C=S) groups is 1. The largest absolute Gasteiger partial charge is 0.462 e. The molecule has 1 heterocycles. The van der Waals surface area contributed by atoms with Gasteiger partial charge in [-0.1, -0.05) is 42.0 Å². The lowest BCUT2D eigenvalue weighted by Crippen LogP contribution is -2.29. The minimum Gasteiger partial charge on any atom is -0.462 e. The van der Waals surface area contributed by atoms with Gasteiger partial charge in [-0.05, 0) is 62.9 Å². The third-order valence-electron chi connectivity index (χ3n) is 4.63. The maximum atomic E-state index is 12.4. The summed E-state index contributed by atoms with van der Waals surface area (Å²) in [5.41, 5.74) is 3.09. The molecular weight excluding hydrogens is 388 g/mol. The number of carbonyl (C=O) groups is 1. The standard InChI is InChI=1S/C22H26N2O2S2/c1-2-26-21(25)18-15-19(17-11-7-4-8-12-17)28-20(18)24-22(27)23-14-13-16-9-5-3-6-10-16/h4,7-9,11-12,15H,2-3,5-6,10,13-14H2,1H3,(H2,23,24,27). The summed E-state index contributed by atoms with van der Waals surface area (Å²) in [6.45, 7) is 2.94. The second-order valence-corrected chi connectivity index (χ2v) is 8.14. The molecule has 4 nitrogen and oxygen atoms in total. The highest BCUT2D eigenvalue weighted by Crippen LogP contribution is 2.35. The summed E-state index contributed by atoms with van der Waals surface area (Å²) in [6.07, 6.45) is 8.33. The minimum atomic E-state index is -0.335. The smallest absolute Gasteiger partial charge is 0.341 e. The number of nitrogens with one attached hydrogen (secondary N) is 2. The van der Waals surface area contributed by atoms with E-state index in [0.717, 1.165) is 23.4 Å². The van der Waals surface area contributed by atoms with Crippen molar-refractivity contribution in [1.29, 1.82) is 0 Å². The zero-order valence-electron chi connectivity index (χ0n) is 16.1. The molecule has 1 aromatic heterocycles. The number of rotatable bonds is 7. The van der Waals surface area contributed by atoms with E-state index in [0.29, 0.717) is 22.3 Å². The van der Waals surface area contributed by atoms with E-state index in [2.05, 4.69) is 16.7 Å². The van der Waals surface area contributed by atoms with Crippen LogP contribution in [0.25, 0.3) is 10.4 Å². The topological polar surface area (TPSA) is 50.4 Å². The van der Waals surface area contributed by atoms with E-state index < -0.39 is 0 Å². The molecule has 0 aliphatic heterocycles. The number of benzene rings is 1. The Labute approximate surface area is 176 Å². The van der Waals surface area contributed by atoms with E-state index in [1.807, 2.05) is 43.3 Å². The first kappa shape index (κ1) is 20.6. The van der Waals surface area contributed by atoms with E-state index in [4.69, 9.17) is 17.0 Å². The Morgan fingerprint density at radius 2 is 2.07 bits per heavy atom. The van der Waals surface area contributed by atoms with Crippen molar-refractivity contribution in [2.45, 2.75) is 39.0 Å². The Morgan fingerprint density at radius 1 is 1.25 bits per heavy atom. The average Bonchev–Trinajstić information content (AvgIpc) is 3.13. The van der Waals surface area contributed by atoms with Crippen LogP contribution in [0.3, 0.4) is 0 Å². The number of esters is 1. The summed E-state index contributed by atoms with van der Waals surface area (Å²) in [5, 5.41) is 7.70. The van der Waals surface area contributed by atoms with Crippen molar-refractivity contribution in [2.24, 2.45) is 0 Å². The molecule has 6 heteroatoms. The van der Waals surface area contributed by atoms with Crippen LogP contribution >= 0.6 is 23.6 Å². The van der Waals surface area contributed by atoms with Crippen LogP contribution in [0.1, 0.15) is 49.4 Å². The molecule has 1 aliphatic carbocycles. The molecule has 0 unspecified atom stereocenters. The maximum Gasteiger partial charge on any atom is 0.341 e. The van der Waals surface area contributed by atoms with E-state index in [1.54, 1.807) is 0 Å². The second kappa shape index (κ2) is 10.4. The SMILES string of the molecule is CCOC(=O)c1cc(-c2ccccc2)sc1NC(=S)NCCC1=CCCCC1. The van der Waals surface area contributed by atoms with Crippen LogP contribution < -0.4 is 10.6 Å². The number of hydrogen-bond donors (Lipinski definition) is 2. The fourth-order valence-corrected chi connectivity index (χ4v) is 4.53. The quantitative estimate of drug-likeness (QED) is 0.342. The number of anilines is 1. The molecule has 0 fully saturated rings. The third-order valence-corrected chi connectivity index (χ3v) is 5.98. The van der Waals surface area contributed by atoms with Crippen molar-refractivity contribution in [2.75, 3.05) is 18.5 Å². The molecule has 0 saturated carbocycles. The van der Waals surface area contributed by atoms with Gasteiger partial charge in [-0.2, -0.15) is 0 Å². The van der Waals surface area contributed by atoms with Crippen LogP contribution in [0.5, 0.6) is 0 Å². The Hall–Kier alpha value is -2.18. The number of carbonyl (C=O) groups excluding carboxylic acids is 1. The van der Waals surface area contributed by atoms with Gasteiger partial charge in [-0.25, -0.2) is 4.79 Å². The fraction of sp³-hybridized carbons (Fsp3) is 0.364. The van der Waals surface area contributed by atoms with Gasteiger partial charge in [0.2, 0.25) is 0 Å². The average molecular weight is 415 g/mol. The molecule has 0 amide bonds. The van der Waals surface area contributed by atoms with Crippen LogP contribution in [-0.4, -0.2) is 24.2 Å². The molecule has 1 aromatic carbocycles. The fourth-order valence-electron chi connectivity index (χ4n) is 3.20. The van der Waals surface area contributed by atoms with Crippen molar-refractivity contribution in [3.05, 3.63) is 53.6 Å². The van der Waals surface area contributed by atoms with Gasteiger partial charge in [-0.15, -0.1) is 11.3 Å². The maximum absolute atomic E-state index is 12.4. The van der Waals surface area contributed by atoms with E-state index in [9.17, 15) is 4.79 Å². The van der Waals surface area contributed by atoms with Crippen LogP contribution in [0, 0.1) is 0 Å². The number of thiophene rings is 1. The Kier molecular flexibility index (Phi) is 7.62. The van der Waals surface area contributed by atoms with Crippen molar-refractivity contribution in [3.63, 3.8) is 0 Å². The van der Waals surface area contributed by atoms with E-state index in [-0.39, 0.29) is 5.97 Å². The van der Waals surface area contributed by atoms with Crippen molar-refractivity contribution < 1.29 is 9.53 Å². The van der Waals surface area contributed by atoms with Gasteiger partial charge in [0.05, 0.1) is 12.2 Å². The molecule has 0 atom stereocenters. The van der Waals surface area contributed by atoms with Crippen LogP contribution in [0.2, 0.25) is 0 Å². The van der Waals surface area contributed by atoms with Gasteiger partial charge in [0.25, 0.3) is 0 Å². The summed E-state index contributed by atoms with van der Waals surface area (Å²) in [4.78, 5) is 13.4. The predicted octanol–water partition coefficient (Wildman–Crippen LogP) is 5.77. The first-order chi connectivity index (χ1) is 13.7. The molecule has 28 heavy (non-hydrogen) atoms. The molecule has 2 N–H and O–H groups in total. The highest BCUT2D eigenvalue weighted by molar-refractivity contribution is 7.80. The molecule has 148 valence electrons. The third kappa shape index (κ3) is 5.66. The van der Waals surface area contributed by atoms with Gasteiger partial charge >= 0.3 is 5.97 Å². The van der Waals surface area contributed by atoms with Gasteiger partial charge in [0, 0.05) is 11.4 Å². The lowest BCUT2D eigenvalue weighted by atomic mass is 9.97. The van der Waals surface area contributed by atoms with E-state index in [1.165, 1.54) is 42.6 Å². The second-order valence-electron chi connectivity index (χ2n) is 6.68. The lowest BCUT2D eigenvalue weighted by Gasteiger charge is -2.14. The predicted molar refractivity (Wildman–Crippen MR) is 121 cm³/mol. The molecule has 0 saturated heterocycles. The minimum absolute atomic E-state index is 0.335.